The molecule has 0 saturated carbocycles. The second-order valence-electron chi connectivity index (χ2n) is 3.65. The van der Waals surface area contributed by atoms with Crippen LogP contribution in [0.5, 0.6) is 0 Å². The molecule has 2 aliphatic heterocycles. The lowest BCUT2D eigenvalue weighted by atomic mass is 10.1. The van der Waals surface area contributed by atoms with Gasteiger partial charge in [0.15, 0.2) is 0 Å². The SMILES string of the molecule is C=C1c2ccc(Cl)cc2N=C2C=CC=CN12. The zero-order valence-corrected chi connectivity index (χ0v) is 9.28. The minimum absolute atomic E-state index is 0.694. The Balaban J connectivity index is 2.22. The Hall–Kier alpha value is -1.80. The average molecular weight is 229 g/mol. The van der Waals surface area contributed by atoms with Gasteiger partial charge in [-0.1, -0.05) is 24.3 Å². The van der Waals surface area contributed by atoms with E-state index in [1.165, 1.54) is 0 Å². The van der Waals surface area contributed by atoms with Gasteiger partial charge < -0.3 is 4.90 Å². The molecule has 0 aromatic heterocycles. The molecule has 3 rings (SSSR count). The Morgan fingerprint density at radius 1 is 1.25 bits per heavy atom. The average Bonchev–Trinajstić information content (AvgIpc) is 2.29. The number of nitrogens with zero attached hydrogens (tertiary/aromatic N) is 2. The van der Waals surface area contributed by atoms with Gasteiger partial charge in [-0.3, -0.25) is 0 Å². The van der Waals surface area contributed by atoms with E-state index in [-0.39, 0.29) is 0 Å². The number of allylic oxidation sites excluding steroid dienone is 2. The zero-order valence-electron chi connectivity index (χ0n) is 8.52. The highest BCUT2D eigenvalue weighted by atomic mass is 35.5. The summed E-state index contributed by atoms with van der Waals surface area (Å²) >= 11 is 5.95. The fourth-order valence-corrected chi connectivity index (χ4v) is 2.01. The van der Waals surface area contributed by atoms with Crippen molar-refractivity contribution in [1.82, 2.24) is 4.90 Å². The second kappa shape index (κ2) is 3.35. The number of fused-ring (bicyclic) bond motifs is 2. The number of hydrogen-bond donors (Lipinski definition) is 0. The van der Waals surface area contributed by atoms with Crippen molar-refractivity contribution in [3.8, 4) is 0 Å². The minimum atomic E-state index is 0.694. The normalized spacial score (nSPS) is 16.9. The van der Waals surface area contributed by atoms with Crippen molar-refractivity contribution in [2.75, 3.05) is 0 Å². The highest BCUT2D eigenvalue weighted by Crippen LogP contribution is 2.36. The Bertz CT molecular complexity index is 567. The van der Waals surface area contributed by atoms with Crippen molar-refractivity contribution in [3.63, 3.8) is 0 Å². The van der Waals surface area contributed by atoms with Gasteiger partial charge in [-0.25, -0.2) is 4.99 Å². The molecule has 0 amide bonds. The summed E-state index contributed by atoms with van der Waals surface area (Å²) in [6.45, 7) is 4.09. The van der Waals surface area contributed by atoms with Crippen molar-refractivity contribution in [3.05, 3.63) is 59.8 Å². The van der Waals surface area contributed by atoms with Crippen molar-refractivity contribution in [2.45, 2.75) is 0 Å². The first-order valence-corrected chi connectivity index (χ1v) is 5.35. The van der Waals surface area contributed by atoms with Gasteiger partial charge in [0.25, 0.3) is 0 Å². The van der Waals surface area contributed by atoms with Crippen LogP contribution in [0.25, 0.3) is 5.70 Å². The highest BCUT2D eigenvalue weighted by molar-refractivity contribution is 6.31. The maximum atomic E-state index is 5.95. The molecule has 0 radical (unpaired) electrons. The molecular formula is C13H9ClN2. The summed E-state index contributed by atoms with van der Waals surface area (Å²) in [5, 5.41) is 0.694. The number of rotatable bonds is 0. The quantitative estimate of drug-likeness (QED) is 0.661. The van der Waals surface area contributed by atoms with Gasteiger partial charge in [-0.05, 0) is 30.4 Å². The summed E-state index contributed by atoms with van der Waals surface area (Å²) in [4.78, 5) is 6.51. The molecule has 16 heavy (non-hydrogen) atoms. The van der Waals surface area contributed by atoms with Crippen LogP contribution < -0.4 is 0 Å². The van der Waals surface area contributed by atoms with E-state index in [4.69, 9.17) is 11.6 Å². The molecule has 1 aromatic carbocycles. The molecule has 0 fully saturated rings. The van der Waals surface area contributed by atoms with E-state index in [9.17, 15) is 0 Å². The van der Waals surface area contributed by atoms with Crippen molar-refractivity contribution in [2.24, 2.45) is 4.99 Å². The van der Waals surface area contributed by atoms with E-state index in [1.807, 2.05) is 47.5 Å². The molecule has 0 unspecified atom stereocenters. The molecule has 3 heteroatoms. The smallest absolute Gasteiger partial charge is 0.137 e. The summed E-state index contributed by atoms with van der Waals surface area (Å²) in [6.07, 6.45) is 7.83. The van der Waals surface area contributed by atoms with Crippen LogP contribution in [0, 0.1) is 0 Å². The number of amidine groups is 1. The van der Waals surface area contributed by atoms with Crippen LogP contribution in [0.3, 0.4) is 0 Å². The first-order chi connectivity index (χ1) is 7.75. The van der Waals surface area contributed by atoms with Crippen LogP contribution in [0.2, 0.25) is 5.02 Å². The number of hydrogen-bond acceptors (Lipinski definition) is 2. The zero-order chi connectivity index (χ0) is 11.1. The van der Waals surface area contributed by atoms with Gasteiger partial charge in [-0.15, -0.1) is 0 Å². The molecule has 0 aliphatic carbocycles. The minimum Gasteiger partial charge on any atom is -0.302 e. The molecule has 0 atom stereocenters. The molecule has 78 valence electrons. The Morgan fingerprint density at radius 3 is 3.00 bits per heavy atom. The van der Waals surface area contributed by atoms with Crippen LogP contribution in [0.4, 0.5) is 5.69 Å². The summed E-state index contributed by atoms with van der Waals surface area (Å²) in [7, 11) is 0. The lowest BCUT2D eigenvalue weighted by Crippen LogP contribution is -2.26. The summed E-state index contributed by atoms with van der Waals surface area (Å²) in [5.74, 6) is 0.877. The number of halogens is 1. The standard InChI is InChI=1S/C13H9ClN2/c1-9-11-6-5-10(14)8-12(11)15-13-4-2-3-7-16(9)13/h2-8H,1H2. The van der Waals surface area contributed by atoms with Gasteiger partial charge >= 0.3 is 0 Å². The van der Waals surface area contributed by atoms with Crippen molar-refractivity contribution < 1.29 is 0 Å². The summed E-state index contributed by atoms with van der Waals surface area (Å²) in [6, 6.07) is 5.67. The van der Waals surface area contributed by atoms with Crippen molar-refractivity contribution in [1.29, 1.82) is 0 Å². The monoisotopic (exact) mass is 228 g/mol. The third-order valence-electron chi connectivity index (χ3n) is 2.63. The predicted octanol–water partition coefficient (Wildman–Crippen LogP) is 3.74. The first-order valence-electron chi connectivity index (χ1n) is 4.97. The van der Waals surface area contributed by atoms with E-state index >= 15 is 0 Å². The maximum absolute atomic E-state index is 5.95. The third kappa shape index (κ3) is 1.31. The molecule has 0 N–H and O–H groups in total. The van der Waals surface area contributed by atoms with E-state index in [0.717, 1.165) is 22.8 Å². The first kappa shape index (κ1) is 9.43. The fourth-order valence-electron chi connectivity index (χ4n) is 1.85. The lowest BCUT2D eigenvalue weighted by molar-refractivity contribution is 0.782. The van der Waals surface area contributed by atoms with Gasteiger partial charge in [-0.2, -0.15) is 0 Å². The van der Waals surface area contributed by atoms with Crippen LogP contribution in [-0.2, 0) is 0 Å². The number of aliphatic imine (C=N–C) groups is 1. The Labute approximate surface area is 98.9 Å². The van der Waals surface area contributed by atoms with Crippen LogP contribution in [0.1, 0.15) is 5.56 Å². The molecule has 0 spiro atoms. The topological polar surface area (TPSA) is 15.6 Å². The Morgan fingerprint density at radius 2 is 2.12 bits per heavy atom. The molecule has 0 saturated heterocycles. The van der Waals surface area contributed by atoms with Gasteiger partial charge in [0.1, 0.15) is 5.84 Å². The predicted molar refractivity (Wildman–Crippen MR) is 67.7 cm³/mol. The Kier molecular flexibility index (Phi) is 1.98. The van der Waals surface area contributed by atoms with Gasteiger partial charge in [0.05, 0.1) is 5.69 Å². The summed E-state index contributed by atoms with van der Waals surface area (Å²) in [5.41, 5.74) is 2.83. The largest absolute Gasteiger partial charge is 0.302 e. The molecular weight excluding hydrogens is 220 g/mol. The number of benzene rings is 1. The third-order valence-corrected chi connectivity index (χ3v) is 2.87. The van der Waals surface area contributed by atoms with E-state index < -0.39 is 0 Å². The lowest BCUT2D eigenvalue weighted by Gasteiger charge is -2.29. The van der Waals surface area contributed by atoms with Gasteiger partial charge in [0.2, 0.25) is 0 Å². The molecule has 2 nitrogen and oxygen atoms in total. The second-order valence-corrected chi connectivity index (χ2v) is 4.09. The molecule has 2 aliphatic rings. The fraction of sp³-hybridized carbons (Fsp3) is 0. The molecule has 0 bridgehead atoms. The molecule has 1 aromatic rings. The van der Waals surface area contributed by atoms with E-state index in [1.54, 1.807) is 0 Å². The van der Waals surface area contributed by atoms with Crippen LogP contribution in [0.15, 0.2) is 54.2 Å². The van der Waals surface area contributed by atoms with E-state index in [0.29, 0.717) is 5.02 Å². The van der Waals surface area contributed by atoms with Crippen LogP contribution in [-0.4, -0.2) is 10.7 Å². The highest BCUT2D eigenvalue weighted by Gasteiger charge is 2.21. The van der Waals surface area contributed by atoms with Crippen LogP contribution >= 0.6 is 11.6 Å². The summed E-state index contributed by atoms with van der Waals surface area (Å²) < 4.78 is 0. The maximum Gasteiger partial charge on any atom is 0.137 e. The van der Waals surface area contributed by atoms with Gasteiger partial charge in [0, 0.05) is 22.5 Å². The van der Waals surface area contributed by atoms with E-state index in [2.05, 4.69) is 11.6 Å². The molecule has 2 heterocycles. The van der Waals surface area contributed by atoms with Crippen molar-refractivity contribution >= 4 is 28.8 Å².